The van der Waals surface area contributed by atoms with Crippen molar-refractivity contribution < 1.29 is 9.47 Å². The van der Waals surface area contributed by atoms with Gasteiger partial charge in [-0.15, -0.1) is 11.6 Å². The Kier molecular flexibility index (Phi) is 5.66. The minimum absolute atomic E-state index is 0.212. The molecule has 0 fully saturated rings. The van der Waals surface area contributed by atoms with E-state index in [1.807, 2.05) is 12.1 Å². The normalized spacial score (nSPS) is 12.2. The van der Waals surface area contributed by atoms with Crippen LogP contribution in [0.1, 0.15) is 27.6 Å². The number of benzene rings is 2. The molecule has 1 atom stereocenters. The number of rotatable bonds is 6. The molecule has 0 heterocycles. The van der Waals surface area contributed by atoms with E-state index in [-0.39, 0.29) is 5.38 Å². The lowest BCUT2D eigenvalue weighted by atomic mass is 10.00. The fourth-order valence-electron chi connectivity index (χ4n) is 2.30. The van der Waals surface area contributed by atoms with Crippen LogP contribution in [0.3, 0.4) is 0 Å². The molecule has 112 valence electrons. The number of hydrogen-bond acceptors (Lipinski definition) is 2. The van der Waals surface area contributed by atoms with Crippen molar-refractivity contribution in [1.82, 2.24) is 0 Å². The van der Waals surface area contributed by atoms with Crippen LogP contribution in [0.5, 0.6) is 5.75 Å². The van der Waals surface area contributed by atoms with Gasteiger partial charge in [-0.05, 0) is 30.5 Å². The van der Waals surface area contributed by atoms with Gasteiger partial charge in [0.15, 0.2) is 0 Å². The molecule has 21 heavy (non-hydrogen) atoms. The maximum absolute atomic E-state index is 6.64. The van der Waals surface area contributed by atoms with Gasteiger partial charge in [0.1, 0.15) is 5.75 Å². The molecule has 2 aromatic carbocycles. The van der Waals surface area contributed by atoms with Crippen molar-refractivity contribution >= 4 is 11.6 Å². The topological polar surface area (TPSA) is 18.5 Å². The second-order valence-corrected chi connectivity index (χ2v) is 5.53. The average Bonchev–Trinajstić information content (AvgIpc) is 2.52. The largest absolute Gasteiger partial charge is 0.496 e. The predicted molar refractivity (Wildman–Crippen MR) is 87.4 cm³/mol. The van der Waals surface area contributed by atoms with E-state index in [9.17, 15) is 0 Å². The van der Waals surface area contributed by atoms with E-state index < -0.39 is 0 Å². The third-order valence-electron chi connectivity index (χ3n) is 3.53. The highest BCUT2D eigenvalue weighted by molar-refractivity contribution is 6.22. The summed E-state index contributed by atoms with van der Waals surface area (Å²) in [5.74, 6) is 0.823. The molecule has 0 aromatic heterocycles. The lowest BCUT2D eigenvalue weighted by molar-refractivity contribution is 0.202. The van der Waals surface area contributed by atoms with Crippen LogP contribution in [0, 0.1) is 6.92 Å². The zero-order valence-electron chi connectivity index (χ0n) is 12.7. The first-order valence-corrected chi connectivity index (χ1v) is 7.45. The number of methoxy groups -OCH3 is 2. The summed E-state index contributed by atoms with van der Waals surface area (Å²) in [5.41, 5.74) is 4.50. The molecule has 0 N–H and O–H groups in total. The van der Waals surface area contributed by atoms with Crippen LogP contribution in [-0.4, -0.2) is 20.8 Å². The molecule has 0 saturated heterocycles. The van der Waals surface area contributed by atoms with Gasteiger partial charge in [-0.25, -0.2) is 0 Å². The number of aryl methyl sites for hydroxylation is 1. The molecular weight excluding hydrogens is 284 g/mol. The summed E-state index contributed by atoms with van der Waals surface area (Å²) in [5, 5.41) is -0.212. The zero-order valence-corrected chi connectivity index (χ0v) is 13.5. The van der Waals surface area contributed by atoms with E-state index in [4.69, 9.17) is 21.1 Å². The Morgan fingerprint density at radius 2 is 1.76 bits per heavy atom. The van der Waals surface area contributed by atoms with Crippen molar-refractivity contribution in [1.29, 1.82) is 0 Å². The molecule has 0 saturated carbocycles. The quantitative estimate of drug-likeness (QED) is 0.730. The van der Waals surface area contributed by atoms with Crippen LogP contribution in [0.25, 0.3) is 0 Å². The third kappa shape index (κ3) is 3.99. The molecule has 0 bridgehead atoms. The first kappa shape index (κ1) is 15.9. The molecule has 2 rings (SSSR count). The van der Waals surface area contributed by atoms with Crippen LogP contribution < -0.4 is 4.74 Å². The molecule has 1 unspecified atom stereocenters. The van der Waals surface area contributed by atoms with Gasteiger partial charge in [-0.3, -0.25) is 0 Å². The van der Waals surface area contributed by atoms with Crippen molar-refractivity contribution in [2.24, 2.45) is 0 Å². The first-order chi connectivity index (χ1) is 10.2. The van der Waals surface area contributed by atoms with Crippen LogP contribution in [-0.2, 0) is 11.2 Å². The fraction of sp³-hybridized carbons (Fsp3) is 0.333. The molecule has 0 aliphatic carbocycles. The van der Waals surface area contributed by atoms with Gasteiger partial charge in [0, 0.05) is 12.7 Å². The van der Waals surface area contributed by atoms with E-state index in [0.29, 0.717) is 0 Å². The third-order valence-corrected chi connectivity index (χ3v) is 4.01. The van der Waals surface area contributed by atoms with Crippen LogP contribution in [0.2, 0.25) is 0 Å². The summed E-state index contributed by atoms with van der Waals surface area (Å²) in [4.78, 5) is 0. The molecule has 0 spiro atoms. The summed E-state index contributed by atoms with van der Waals surface area (Å²) in [6, 6.07) is 14.4. The Labute approximate surface area is 131 Å². The molecule has 3 heteroatoms. The smallest absolute Gasteiger partial charge is 0.123 e. The van der Waals surface area contributed by atoms with Gasteiger partial charge < -0.3 is 9.47 Å². The standard InChI is InChI=1S/C18H21ClO2/c1-13-4-9-17(21-3)16(12-13)18(19)15-7-5-14(6-8-15)10-11-20-2/h4-9,12,18H,10-11H2,1-3H3. The number of halogens is 1. The molecular formula is C18H21ClO2. The van der Waals surface area contributed by atoms with Crippen LogP contribution >= 0.6 is 11.6 Å². The Morgan fingerprint density at radius 1 is 1.05 bits per heavy atom. The van der Waals surface area contributed by atoms with Gasteiger partial charge in [0.25, 0.3) is 0 Å². The minimum Gasteiger partial charge on any atom is -0.496 e. The summed E-state index contributed by atoms with van der Waals surface area (Å²) < 4.78 is 10.5. The van der Waals surface area contributed by atoms with Gasteiger partial charge >= 0.3 is 0 Å². The van der Waals surface area contributed by atoms with Gasteiger partial charge in [0.2, 0.25) is 0 Å². The number of hydrogen-bond donors (Lipinski definition) is 0. The minimum atomic E-state index is -0.212. The zero-order chi connectivity index (χ0) is 15.2. The average molecular weight is 305 g/mol. The highest BCUT2D eigenvalue weighted by atomic mass is 35.5. The molecule has 0 aliphatic rings. The number of alkyl halides is 1. The van der Waals surface area contributed by atoms with Gasteiger partial charge in [0.05, 0.1) is 19.1 Å². The fourth-order valence-corrected chi connectivity index (χ4v) is 2.62. The highest BCUT2D eigenvalue weighted by Gasteiger charge is 2.15. The molecule has 0 amide bonds. The van der Waals surface area contributed by atoms with Crippen molar-refractivity contribution in [2.75, 3.05) is 20.8 Å². The van der Waals surface area contributed by atoms with Crippen molar-refractivity contribution in [3.05, 3.63) is 64.7 Å². The summed E-state index contributed by atoms with van der Waals surface area (Å²) in [6.07, 6.45) is 0.914. The van der Waals surface area contributed by atoms with Crippen LogP contribution in [0.15, 0.2) is 42.5 Å². The summed E-state index contributed by atoms with van der Waals surface area (Å²) >= 11 is 6.64. The second-order valence-electron chi connectivity index (χ2n) is 5.09. The lowest BCUT2D eigenvalue weighted by Gasteiger charge is -2.15. The Hall–Kier alpha value is -1.51. The van der Waals surface area contributed by atoms with E-state index in [2.05, 4.69) is 37.3 Å². The second kappa shape index (κ2) is 7.48. The SMILES string of the molecule is COCCc1ccc(C(Cl)c2cc(C)ccc2OC)cc1. The lowest BCUT2D eigenvalue weighted by Crippen LogP contribution is -1.99. The predicted octanol–water partition coefficient (Wildman–Crippen LogP) is 4.52. The summed E-state index contributed by atoms with van der Waals surface area (Å²) in [6.45, 7) is 2.79. The van der Waals surface area contributed by atoms with Crippen molar-refractivity contribution in [3.63, 3.8) is 0 Å². The van der Waals surface area contributed by atoms with E-state index in [1.165, 1.54) is 11.1 Å². The monoisotopic (exact) mass is 304 g/mol. The highest BCUT2D eigenvalue weighted by Crippen LogP contribution is 2.35. The van der Waals surface area contributed by atoms with E-state index in [1.54, 1.807) is 14.2 Å². The Balaban J connectivity index is 2.23. The van der Waals surface area contributed by atoms with Crippen molar-refractivity contribution in [2.45, 2.75) is 18.7 Å². The van der Waals surface area contributed by atoms with E-state index >= 15 is 0 Å². The maximum Gasteiger partial charge on any atom is 0.123 e. The Morgan fingerprint density at radius 3 is 2.38 bits per heavy atom. The maximum atomic E-state index is 6.64. The first-order valence-electron chi connectivity index (χ1n) is 7.02. The van der Waals surface area contributed by atoms with Crippen molar-refractivity contribution in [3.8, 4) is 5.75 Å². The Bertz CT molecular complexity index is 578. The summed E-state index contributed by atoms with van der Waals surface area (Å²) in [7, 11) is 3.39. The van der Waals surface area contributed by atoms with Gasteiger partial charge in [-0.2, -0.15) is 0 Å². The molecule has 2 aromatic rings. The molecule has 0 radical (unpaired) electrons. The van der Waals surface area contributed by atoms with E-state index in [0.717, 1.165) is 29.9 Å². The molecule has 2 nitrogen and oxygen atoms in total. The van der Waals surface area contributed by atoms with Crippen LogP contribution in [0.4, 0.5) is 0 Å². The number of ether oxygens (including phenoxy) is 2. The van der Waals surface area contributed by atoms with Gasteiger partial charge in [-0.1, -0.05) is 42.0 Å². The molecule has 0 aliphatic heterocycles.